The van der Waals surface area contributed by atoms with Gasteiger partial charge in [0.1, 0.15) is 5.75 Å². The van der Waals surface area contributed by atoms with E-state index in [0.29, 0.717) is 31.9 Å². The Morgan fingerprint density at radius 2 is 1.97 bits per heavy atom. The molecular formula is C18H19F3N2O5S2. The number of aryl methyl sites for hydroxylation is 1. The molecule has 3 rings (SSSR count). The van der Waals surface area contributed by atoms with Gasteiger partial charge in [-0.25, -0.2) is 8.42 Å². The molecule has 0 aliphatic carbocycles. The fraction of sp³-hybridized carbons (Fsp3) is 0.389. The minimum atomic E-state index is -4.87. The first-order chi connectivity index (χ1) is 14.0. The zero-order valence-corrected chi connectivity index (χ0v) is 17.5. The van der Waals surface area contributed by atoms with Crippen molar-refractivity contribution in [1.82, 2.24) is 4.90 Å². The summed E-state index contributed by atoms with van der Waals surface area (Å²) in [5.74, 6) is -0.645. The van der Waals surface area contributed by atoms with Gasteiger partial charge in [0.25, 0.3) is 10.0 Å². The van der Waals surface area contributed by atoms with Crippen LogP contribution in [0, 0.1) is 6.92 Å². The van der Waals surface area contributed by atoms with Crippen LogP contribution < -0.4 is 9.46 Å². The van der Waals surface area contributed by atoms with Crippen molar-refractivity contribution in [3.05, 3.63) is 40.1 Å². The number of morpholine rings is 1. The number of hydrogen-bond donors (Lipinski definition) is 1. The second-order valence-corrected chi connectivity index (χ2v) is 8.96. The van der Waals surface area contributed by atoms with Crippen LogP contribution in [0.25, 0.3) is 0 Å². The molecule has 2 aromatic rings. The Balaban J connectivity index is 1.75. The third-order valence-electron chi connectivity index (χ3n) is 4.36. The van der Waals surface area contributed by atoms with Crippen molar-refractivity contribution in [2.75, 3.05) is 31.0 Å². The van der Waals surface area contributed by atoms with Gasteiger partial charge >= 0.3 is 6.36 Å². The van der Waals surface area contributed by atoms with Crippen LogP contribution in [0.2, 0.25) is 0 Å². The molecule has 1 aliphatic rings. The van der Waals surface area contributed by atoms with Gasteiger partial charge < -0.3 is 14.4 Å². The molecular weight excluding hydrogens is 445 g/mol. The molecule has 0 unspecified atom stereocenters. The van der Waals surface area contributed by atoms with Gasteiger partial charge in [-0.2, -0.15) is 0 Å². The van der Waals surface area contributed by atoms with E-state index in [1.165, 1.54) is 18.3 Å². The Bertz CT molecular complexity index is 1020. The molecule has 1 aromatic carbocycles. The standard InChI is InChI=1S/C18H19F3N2O5S2/c1-12-8-14(28-18(19,20)21)2-3-16(12)30(25,26)22-15-11-29-10-13(15)9-17(24)23-4-6-27-7-5-23/h2-3,8,10-11,22H,4-7,9H2,1H3. The Kier molecular flexibility index (Phi) is 6.58. The van der Waals surface area contributed by atoms with Crippen LogP contribution in [-0.2, 0) is 26.0 Å². The van der Waals surface area contributed by atoms with Gasteiger partial charge in [-0.3, -0.25) is 9.52 Å². The first kappa shape index (κ1) is 22.4. The number of nitrogens with one attached hydrogen (secondary N) is 1. The lowest BCUT2D eigenvalue weighted by Gasteiger charge is -2.26. The van der Waals surface area contributed by atoms with Gasteiger partial charge in [0, 0.05) is 18.5 Å². The number of amides is 1. The quantitative estimate of drug-likeness (QED) is 0.710. The highest BCUT2D eigenvalue weighted by molar-refractivity contribution is 7.92. The molecule has 0 bridgehead atoms. The number of anilines is 1. The molecule has 7 nitrogen and oxygen atoms in total. The summed E-state index contributed by atoms with van der Waals surface area (Å²) in [6.45, 7) is 3.25. The molecule has 1 aromatic heterocycles. The summed E-state index contributed by atoms with van der Waals surface area (Å²) in [6.07, 6.45) is -4.84. The van der Waals surface area contributed by atoms with Gasteiger partial charge in [0.05, 0.1) is 30.2 Å². The number of carbonyl (C=O) groups is 1. The Morgan fingerprint density at radius 3 is 2.60 bits per heavy atom. The van der Waals surface area contributed by atoms with Gasteiger partial charge in [-0.1, -0.05) is 0 Å². The van der Waals surface area contributed by atoms with Crippen LogP contribution in [0.1, 0.15) is 11.1 Å². The smallest absolute Gasteiger partial charge is 0.406 e. The number of sulfonamides is 1. The summed E-state index contributed by atoms with van der Waals surface area (Å²) >= 11 is 1.24. The monoisotopic (exact) mass is 464 g/mol. The molecule has 0 radical (unpaired) electrons. The minimum Gasteiger partial charge on any atom is -0.406 e. The lowest BCUT2D eigenvalue weighted by molar-refractivity contribution is -0.274. The molecule has 2 heterocycles. The molecule has 0 spiro atoms. The maximum absolute atomic E-state index is 12.8. The summed E-state index contributed by atoms with van der Waals surface area (Å²) in [7, 11) is -4.08. The zero-order valence-electron chi connectivity index (χ0n) is 15.9. The number of nitrogens with zero attached hydrogens (tertiary/aromatic N) is 1. The average Bonchev–Trinajstić information content (AvgIpc) is 3.06. The van der Waals surface area contributed by atoms with Crippen LogP contribution in [0.3, 0.4) is 0 Å². The predicted molar refractivity (Wildman–Crippen MR) is 104 cm³/mol. The van der Waals surface area contributed by atoms with Crippen LogP contribution in [-0.4, -0.2) is 51.9 Å². The van der Waals surface area contributed by atoms with E-state index in [-0.39, 0.29) is 28.5 Å². The number of hydrogen-bond acceptors (Lipinski definition) is 6. The molecule has 1 aliphatic heterocycles. The molecule has 1 N–H and O–H groups in total. The highest BCUT2D eigenvalue weighted by Gasteiger charge is 2.31. The van der Waals surface area contributed by atoms with Crippen LogP contribution in [0.4, 0.5) is 18.9 Å². The van der Waals surface area contributed by atoms with Crippen molar-refractivity contribution in [2.24, 2.45) is 0 Å². The van der Waals surface area contributed by atoms with E-state index in [9.17, 15) is 26.4 Å². The molecule has 1 amide bonds. The van der Waals surface area contributed by atoms with E-state index in [4.69, 9.17) is 4.74 Å². The predicted octanol–water partition coefficient (Wildman–Crippen LogP) is 3.16. The number of thiophene rings is 1. The lowest BCUT2D eigenvalue weighted by atomic mass is 10.2. The number of ether oxygens (including phenoxy) is 2. The average molecular weight is 464 g/mol. The van der Waals surface area contributed by atoms with Gasteiger partial charge in [0.2, 0.25) is 5.91 Å². The highest BCUT2D eigenvalue weighted by Crippen LogP contribution is 2.29. The number of alkyl halides is 3. The van der Waals surface area contributed by atoms with E-state index in [0.717, 1.165) is 18.2 Å². The summed E-state index contributed by atoms with van der Waals surface area (Å²) in [4.78, 5) is 13.9. The molecule has 164 valence electrons. The fourth-order valence-electron chi connectivity index (χ4n) is 2.96. The molecule has 0 atom stereocenters. The number of rotatable bonds is 6. The normalized spacial score (nSPS) is 15.1. The topological polar surface area (TPSA) is 84.9 Å². The first-order valence-electron chi connectivity index (χ1n) is 8.85. The van der Waals surface area contributed by atoms with E-state index in [1.807, 2.05) is 0 Å². The van der Waals surface area contributed by atoms with Crippen molar-refractivity contribution in [2.45, 2.75) is 24.6 Å². The Labute approximate surface area is 175 Å². The third-order valence-corrected chi connectivity index (χ3v) is 6.68. The minimum absolute atomic E-state index is 0.0265. The van der Waals surface area contributed by atoms with Gasteiger partial charge in [0.15, 0.2) is 0 Å². The van der Waals surface area contributed by atoms with E-state index in [2.05, 4.69) is 9.46 Å². The maximum Gasteiger partial charge on any atom is 0.573 e. The Morgan fingerprint density at radius 1 is 1.27 bits per heavy atom. The summed E-state index contributed by atoms with van der Waals surface area (Å²) in [5, 5.41) is 3.25. The summed E-state index contributed by atoms with van der Waals surface area (Å²) in [6, 6.07) is 2.98. The van der Waals surface area contributed by atoms with E-state index in [1.54, 1.807) is 15.7 Å². The third kappa shape index (κ3) is 5.64. The van der Waals surface area contributed by atoms with Crippen molar-refractivity contribution in [1.29, 1.82) is 0 Å². The zero-order chi connectivity index (χ0) is 21.9. The van der Waals surface area contributed by atoms with Crippen molar-refractivity contribution < 1.29 is 35.9 Å². The second kappa shape index (κ2) is 8.82. The first-order valence-corrected chi connectivity index (χ1v) is 11.3. The van der Waals surface area contributed by atoms with E-state index < -0.39 is 22.1 Å². The molecule has 1 saturated heterocycles. The van der Waals surface area contributed by atoms with Crippen LogP contribution >= 0.6 is 11.3 Å². The van der Waals surface area contributed by atoms with Crippen LogP contribution in [0.5, 0.6) is 5.75 Å². The lowest BCUT2D eigenvalue weighted by Crippen LogP contribution is -2.41. The number of benzene rings is 1. The molecule has 0 saturated carbocycles. The van der Waals surface area contributed by atoms with Crippen molar-refractivity contribution >= 4 is 33.0 Å². The highest BCUT2D eigenvalue weighted by atomic mass is 32.2. The number of halogens is 3. The van der Waals surface area contributed by atoms with Gasteiger partial charge in [-0.05, 0) is 41.6 Å². The Hall–Kier alpha value is -2.31. The van der Waals surface area contributed by atoms with Gasteiger partial charge in [-0.15, -0.1) is 24.5 Å². The molecule has 12 heteroatoms. The number of carbonyl (C=O) groups excluding carboxylic acids is 1. The molecule has 1 fully saturated rings. The van der Waals surface area contributed by atoms with Crippen LogP contribution in [0.15, 0.2) is 33.9 Å². The SMILES string of the molecule is Cc1cc(OC(F)(F)F)ccc1S(=O)(=O)Nc1cscc1CC(=O)N1CCOCC1. The largest absolute Gasteiger partial charge is 0.573 e. The fourth-order valence-corrected chi connectivity index (χ4v) is 5.14. The summed E-state index contributed by atoms with van der Waals surface area (Å²) < 4.78 is 74.1. The van der Waals surface area contributed by atoms with Crippen molar-refractivity contribution in [3.8, 4) is 5.75 Å². The second-order valence-electron chi connectivity index (χ2n) is 6.56. The van der Waals surface area contributed by atoms with Crippen molar-refractivity contribution in [3.63, 3.8) is 0 Å². The maximum atomic E-state index is 12.8. The summed E-state index contributed by atoms with van der Waals surface area (Å²) in [5.41, 5.74) is 0.872. The van der Waals surface area contributed by atoms with E-state index >= 15 is 0 Å². The molecule has 30 heavy (non-hydrogen) atoms.